The molecular formula is C22H28N4O3S. The van der Waals surface area contributed by atoms with Gasteiger partial charge in [-0.25, -0.2) is 9.78 Å². The number of hydrogen-bond donors (Lipinski definition) is 2. The molecule has 0 aliphatic heterocycles. The van der Waals surface area contributed by atoms with Crippen LogP contribution in [0, 0.1) is 0 Å². The SMILES string of the molecule is CC(OC(=O)Nc1nc2c(s1)CCCC2)Oc1cccc2[nH]cc(CCN(C)C)c12. The molecule has 0 saturated heterocycles. The van der Waals surface area contributed by atoms with E-state index in [2.05, 4.69) is 34.3 Å². The Balaban J connectivity index is 1.40. The van der Waals surface area contributed by atoms with Gasteiger partial charge in [0.2, 0.25) is 6.29 Å². The van der Waals surface area contributed by atoms with Gasteiger partial charge in [0.25, 0.3) is 0 Å². The number of benzene rings is 1. The molecule has 0 saturated carbocycles. The third kappa shape index (κ3) is 4.76. The van der Waals surface area contributed by atoms with Crippen molar-refractivity contribution in [1.29, 1.82) is 0 Å². The highest BCUT2D eigenvalue weighted by atomic mass is 32.1. The summed E-state index contributed by atoms with van der Waals surface area (Å²) in [4.78, 5) is 23.6. The molecule has 4 rings (SSSR count). The van der Waals surface area contributed by atoms with Gasteiger partial charge in [-0.05, 0) is 63.9 Å². The number of carbonyl (C=O) groups excluding carboxylic acids is 1. The number of nitrogens with one attached hydrogen (secondary N) is 2. The number of anilines is 1. The van der Waals surface area contributed by atoms with Crippen molar-refractivity contribution >= 4 is 33.5 Å². The first-order chi connectivity index (χ1) is 14.5. The second-order valence-electron chi connectivity index (χ2n) is 7.86. The first-order valence-corrected chi connectivity index (χ1v) is 11.2. The van der Waals surface area contributed by atoms with Crippen molar-refractivity contribution in [1.82, 2.24) is 14.9 Å². The fourth-order valence-electron chi connectivity index (χ4n) is 3.73. The Bertz CT molecular complexity index is 1000. The van der Waals surface area contributed by atoms with Crippen LogP contribution in [-0.4, -0.2) is 47.9 Å². The lowest BCUT2D eigenvalue weighted by molar-refractivity contribution is -0.0109. The average molecular weight is 429 g/mol. The maximum Gasteiger partial charge on any atom is 0.416 e. The van der Waals surface area contributed by atoms with Crippen LogP contribution in [0.4, 0.5) is 9.93 Å². The molecule has 1 unspecified atom stereocenters. The van der Waals surface area contributed by atoms with E-state index in [1.807, 2.05) is 24.4 Å². The molecule has 2 aromatic heterocycles. The molecule has 0 fully saturated rings. The largest absolute Gasteiger partial charge is 0.454 e. The number of aromatic nitrogens is 2. The molecule has 0 bridgehead atoms. The zero-order valence-corrected chi connectivity index (χ0v) is 18.5. The summed E-state index contributed by atoms with van der Waals surface area (Å²) in [5.41, 5.74) is 3.29. The van der Waals surface area contributed by atoms with Gasteiger partial charge in [0.05, 0.1) is 5.69 Å². The summed E-state index contributed by atoms with van der Waals surface area (Å²) in [6.45, 7) is 2.66. The van der Waals surface area contributed by atoms with Crippen LogP contribution in [0.3, 0.4) is 0 Å². The van der Waals surface area contributed by atoms with Gasteiger partial charge in [0, 0.05) is 35.4 Å². The maximum atomic E-state index is 12.3. The quantitative estimate of drug-likeness (QED) is 0.539. The first-order valence-electron chi connectivity index (χ1n) is 10.4. The molecule has 160 valence electrons. The lowest BCUT2D eigenvalue weighted by Crippen LogP contribution is -2.24. The topological polar surface area (TPSA) is 79.5 Å². The van der Waals surface area contributed by atoms with E-state index in [1.165, 1.54) is 28.2 Å². The number of aromatic amines is 1. The van der Waals surface area contributed by atoms with Crippen molar-refractivity contribution in [2.24, 2.45) is 0 Å². The summed E-state index contributed by atoms with van der Waals surface area (Å²) >= 11 is 1.54. The Morgan fingerprint density at radius 1 is 1.33 bits per heavy atom. The van der Waals surface area contributed by atoms with Gasteiger partial charge in [0.1, 0.15) is 5.75 Å². The molecule has 0 radical (unpaired) electrons. The van der Waals surface area contributed by atoms with Crippen molar-refractivity contribution in [2.45, 2.75) is 45.3 Å². The van der Waals surface area contributed by atoms with Gasteiger partial charge in [-0.1, -0.05) is 6.07 Å². The highest BCUT2D eigenvalue weighted by molar-refractivity contribution is 7.15. The van der Waals surface area contributed by atoms with Gasteiger partial charge in [-0.15, -0.1) is 11.3 Å². The van der Waals surface area contributed by atoms with Gasteiger partial charge in [-0.2, -0.15) is 0 Å². The number of ether oxygens (including phenoxy) is 2. The monoisotopic (exact) mass is 428 g/mol. The second-order valence-corrected chi connectivity index (χ2v) is 8.94. The first kappa shape index (κ1) is 20.7. The molecule has 7 nitrogen and oxygen atoms in total. The van der Waals surface area contributed by atoms with E-state index in [1.54, 1.807) is 6.92 Å². The lowest BCUT2D eigenvalue weighted by Gasteiger charge is -2.17. The minimum Gasteiger partial charge on any atom is -0.454 e. The zero-order valence-electron chi connectivity index (χ0n) is 17.7. The zero-order chi connectivity index (χ0) is 21.1. The van der Waals surface area contributed by atoms with E-state index in [0.717, 1.165) is 48.8 Å². The van der Waals surface area contributed by atoms with Gasteiger partial charge >= 0.3 is 6.09 Å². The van der Waals surface area contributed by atoms with Crippen LogP contribution in [0.1, 0.15) is 35.9 Å². The van der Waals surface area contributed by atoms with E-state index in [0.29, 0.717) is 10.9 Å². The van der Waals surface area contributed by atoms with Crippen molar-refractivity contribution in [3.05, 3.63) is 40.5 Å². The van der Waals surface area contributed by atoms with Crippen LogP contribution in [0.5, 0.6) is 5.75 Å². The van der Waals surface area contributed by atoms with E-state index in [-0.39, 0.29) is 0 Å². The minimum absolute atomic E-state index is 0.553. The molecule has 1 amide bonds. The van der Waals surface area contributed by atoms with Crippen LogP contribution in [0.25, 0.3) is 10.9 Å². The lowest BCUT2D eigenvalue weighted by atomic mass is 10.0. The Morgan fingerprint density at radius 3 is 2.97 bits per heavy atom. The number of hydrogen-bond acceptors (Lipinski definition) is 6. The van der Waals surface area contributed by atoms with Gasteiger partial charge in [0.15, 0.2) is 5.13 Å². The Kier molecular flexibility index (Phi) is 6.24. The van der Waals surface area contributed by atoms with E-state index < -0.39 is 12.4 Å². The van der Waals surface area contributed by atoms with Crippen LogP contribution < -0.4 is 10.1 Å². The number of rotatable bonds is 7. The number of nitrogens with zero attached hydrogens (tertiary/aromatic N) is 2. The third-order valence-electron chi connectivity index (χ3n) is 5.20. The Morgan fingerprint density at radius 2 is 2.17 bits per heavy atom. The number of aryl methyl sites for hydroxylation is 2. The molecule has 3 aromatic rings. The minimum atomic E-state index is -0.734. The number of H-pyrrole nitrogens is 1. The summed E-state index contributed by atoms with van der Waals surface area (Å²) in [7, 11) is 4.11. The van der Waals surface area contributed by atoms with E-state index >= 15 is 0 Å². The fourth-order valence-corrected chi connectivity index (χ4v) is 4.77. The van der Waals surface area contributed by atoms with Crippen molar-refractivity contribution in [2.75, 3.05) is 26.0 Å². The molecule has 1 aromatic carbocycles. The summed E-state index contributed by atoms with van der Waals surface area (Å²) in [6, 6.07) is 5.85. The molecule has 1 aliphatic carbocycles. The summed E-state index contributed by atoms with van der Waals surface area (Å²) in [6.07, 6.45) is 6.00. The molecule has 2 heterocycles. The number of carbonyl (C=O) groups is 1. The number of likely N-dealkylation sites (N-methyl/N-ethyl adjacent to an activating group) is 1. The average Bonchev–Trinajstić information content (AvgIpc) is 3.29. The van der Waals surface area contributed by atoms with Crippen LogP contribution >= 0.6 is 11.3 Å². The summed E-state index contributed by atoms with van der Waals surface area (Å²) in [5.74, 6) is 0.701. The predicted octanol–water partition coefficient (Wildman–Crippen LogP) is 4.58. The fraction of sp³-hybridized carbons (Fsp3) is 0.455. The van der Waals surface area contributed by atoms with E-state index in [9.17, 15) is 4.79 Å². The van der Waals surface area contributed by atoms with Crippen molar-refractivity contribution < 1.29 is 14.3 Å². The molecule has 0 spiro atoms. The number of fused-ring (bicyclic) bond motifs is 2. The van der Waals surface area contributed by atoms with Crippen LogP contribution in [-0.2, 0) is 24.0 Å². The molecule has 1 atom stereocenters. The van der Waals surface area contributed by atoms with Gasteiger partial charge < -0.3 is 19.4 Å². The smallest absolute Gasteiger partial charge is 0.416 e. The normalized spacial score (nSPS) is 14.5. The molecule has 2 N–H and O–H groups in total. The highest BCUT2D eigenvalue weighted by Crippen LogP contribution is 2.31. The molecular weight excluding hydrogens is 400 g/mol. The molecule has 8 heteroatoms. The second kappa shape index (κ2) is 9.06. The maximum absolute atomic E-state index is 12.3. The summed E-state index contributed by atoms with van der Waals surface area (Å²) < 4.78 is 11.4. The van der Waals surface area contributed by atoms with Crippen molar-refractivity contribution in [3.8, 4) is 5.75 Å². The highest BCUT2D eigenvalue weighted by Gasteiger charge is 2.19. The van der Waals surface area contributed by atoms with Crippen molar-refractivity contribution in [3.63, 3.8) is 0 Å². The Labute approximate surface area is 180 Å². The summed E-state index contributed by atoms with van der Waals surface area (Å²) in [5, 5.41) is 4.37. The standard InChI is InChI=1S/C22H28N4O3S/c1-14(29-22(27)25-21-24-16-7-4-5-10-19(16)30-21)28-18-9-6-8-17-20(18)15(13-23-17)11-12-26(2)3/h6,8-9,13-14,23H,4-5,7,10-12H2,1-3H3,(H,24,25,27). The molecule has 30 heavy (non-hydrogen) atoms. The van der Waals surface area contributed by atoms with Crippen LogP contribution in [0.2, 0.25) is 0 Å². The molecule has 1 aliphatic rings. The van der Waals surface area contributed by atoms with Crippen LogP contribution in [0.15, 0.2) is 24.4 Å². The number of amides is 1. The number of thiazole rings is 1. The van der Waals surface area contributed by atoms with Gasteiger partial charge in [-0.3, -0.25) is 5.32 Å². The van der Waals surface area contributed by atoms with E-state index in [4.69, 9.17) is 9.47 Å². The Hall–Kier alpha value is -2.58. The predicted molar refractivity (Wildman–Crippen MR) is 120 cm³/mol. The third-order valence-corrected chi connectivity index (χ3v) is 6.27.